The smallest absolute Gasteiger partial charge is 0.194 e. The number of rotatable bonds is 4. The van der Waals surface area contributed by atoms with Gasteiger partial charge in [0, 0.05) is 12.2 Å². The first-order valence-electron chi connectivity index (χ1n) is 7.43. The van der Waals surface area contributed by atoms with Crippen LogP contribution in [0.15, 0.2) is 18.2 Å². The number of Topliss-reactive ketones (excluding diaryl/α,β-unsaturated/α-hetero) is 1. The topological polar surface area (TPSA) is 26.3 Å². The molecule has 0 saturated heterocycles. The van der Waals surface area contributed by atoms with Crippen LogP contribution in [0.1, 0.15) is 55.5 Å². The molecule has 20 heavy (non-hydrogen) atoms. The van der Waals surface area contributed by atoms with Gasteiger partial charge in [0.1, 0.15) is 11.4 Å². The van der Waals surface area contributed by atoms with Crippen molar-refractivity contribution in [2.75, 3.05) is 6.61 Å². The summed E-state index contributed by atoms with van der Waals surface area (Å²) in [6, 6.07) is 4.72. The summed E-state index contributed by atoms with van der Waals surface area (Å²) in [4.78, 5) is 12.8. The van der Waals surface area contributed by atoms with Crippen LogP contribution >= 0.6 is 0 Å². The van der Waals surface area contributed by atoms with Crippen molar-refractivity contribution in [1.29, 1.82) is 0 Å². The highest BCUT2D eigenvalue weighted by Crippen LogP contribution is 2.37. The summed E-state index contributed by atoms with van der Waals surface area (Å²) in [6.07, 6.45) is 3.58. The molecular weight excluding hydrogens is 255 g/mol. The highest BCUT2D eigenvalue weighted by Gasteiger charge is 2.42. The summed E-state index contributed by atoms with van der Waals surface area (Å²) in [5, 5.41) is 0. The van der Waals surface area contributed by atoms with Crippen molar-refractivity contribution in [1.82, 2.24) is 0 Å². The van der Waals surface area contributed by atoms with Gasteiger partial charge in [-0.15, -0.1) is 0 Å². The van der Waals surface area contributed by atoms with Crippen molar-refractivity contribution in [3.05, 3.63) is 35.1 Å². The summed E-state index contributed by atoms with van der Waals surface area (Å²) in [7, 11) is 0. The molecule has 0 bridgehead atoms. The van der Waals surface area contributed by atoms with E-state index in [1.165, 1.54) is 6.07 Å². The second kappa shape index (κ2) is 6.04. The van der Waals surface area contributed by atoms with Crippen LogP contribution in [0.5, 0.6) is 0 Å². The van der Waals surface area contributed by atoms with Crippen LogP contribution in [-0.4, -0.2) is 18.0 Å². The van der Waals surface area contributed by atoms with Gasteiger partial charge in [-0.05, 0) is 50.7 Å². The number of benzene rings is 1. The lowest BCUT2D eigenvalue weighted by molar-refractivity contribution is -0.0511. The molecule has 0 spiro atoms. The maximum absolute atomic E-state index is 13.7. The predicted molar refractivity (Wildman–Crippen MR) is 77.5 cm³/mol. The first kappa shape index (κ1) is 15.2. The number of ether oxygens (including phenoxy) is 1. The van der Waals surface area contributed by atoms with E-state index >= 15 is 0 Å². The zero-order chi connectivity index (χ0) is 14.8. The molecule has 0 aromatic heterocycles. The standard InChI is InChI=1S/C17H23FO2/c1-4-20-17(9-5-6-12(2)11-17)16(19)14-8-7-13(3)15(18)10-14/h7-8,10,12H,4-6,9,11H2,1-3H3. The van der Waals surface area contributed by atoms with E-state index in [2.05, 4.69) is 6.92 Å². The lowest BCUT2D eigenvalue weighted by Crippen LogP contribution is -2.45. The molecule has 0 aliphatic heterocycles. The highest BCUT2D eigenvalue weighted by atomic mass is 19.1. The Balaban J connectivity index is 2.33. The number of halogens is 1. The number of aryl methyl sites for hydroxylation is 1. The van der Waals surface area contributed by atoms with Gasteiger partial charge in [0.2, 0.25) is 0 Å². The van der Waals surface area contributed by atoms with Gasteiger partial charge in [-0.2, -0.15) is 0 Å². The monoisotopic (exact) mass is 278 g/mol. The zero-order valence-electron chi connectivity index (χ0n) is 12.5. The average molecular weight is 278 g/mol. The summed E-state index contributed by atoms with van der Waals surface area (Å²) in [6.45, 7) is 6.26. The molecule has 2 atom stereocenters. The molecule has 1 aromatic carbocycles. The van der Waals surface area contributed by atoms with Crippen LogP contribution in [0.4, 0.5) is 4.39 Å². The Labute approximate surface area is 120 Å². The minimum atomic E-state index is -0.756. The number of hydrogen-bond acceptors (Lipinski definition) is 2. The molecule has 3 heteroatoms. The quantitative estimate of drug-likeness (QED) is 0.767. The van der Waals surface area contributed by atoms with Crippen LogP contribution in [0.25, 0.3) is 0 Å². The fourth-order valence-electron chi connectivity index (χ4n) is 3.18. The molecule has 1 aliphatic carbocycles. The fourth-order valence-corrected chi connectivity index (χ4v) is 3.18. The first-order chi connectivity index (χ1) is 9.48. The Bertz CT molecular complexity index is 494. The molecule has 0 N–H and O–H groups in total. The van der Waals surface area contributed by atoms with Crippen LogP contribution in [0, 0.1) is 18.7 Å². The average Bonchev–Trinajstić information content (AvgIpc) is 2.41. The van der Waals surface area contributed by atoms with Crippen molar-refractivity contribution < 1.29 is 13.9 Å². The van der Waals surface area contributed by atoms with Gasteiger partial charge < -0.3 is 4.74 Å². The molecule has 0 amide bonds. The van der Waals surface area contributed by atoms with Gasteiger partial charge in [-0.3, -0.25) is 4.79 Å². The Morgan fingerprint density at radius 2 is 2.25 bits per heavy atom. The van der Waals surface area contributed by atoms with Gasteiger partial charge in [-0.1, -0.05) is 25.5 Å². The molecule has 1 aliphatic rings. The highest BCUT2D eigenvalue weighted by molar-refractivity contribution is 6.02. The number of hydrogen-bond donors (Lipinski definition) is 0. The third-order valence-electron chi connectivity index (χ3n) is 4.22. The predicted octanol–water partition coefficient (Wildman–Crippen LogP) is 4.30. The van der Waals surface area contributed by atoms with E-state index in [4.69, 9.17) is 4.74 Å². The summed E-state index contributed by atoms with van der Waals surface area (Å²) in [5.41, 5.74) is 0.230. The van der Waals surface area contributed by atoms with Crippen molar-refractivity contribution >= 4 is 5.78 Å². The molecule has 2 unspecified atom stereocenters. The van der Waals surface area contributed by atoms with Gasteiger partial charge >= 0.3 is 0 Å². The lowest BCUT2D eigenvalue weighted by atomic mass is 9.74. The number of ketones is 1. The van der Waals surface area contributed by atoms with E-state index in [1.807, 2.05) is 6.92 Å². The van der Waals surface area contributed by atoms with E-state index < -0.39 is 5.60 Å². The largest absolute Gasteiger partial charge is 0.367 e. The van der Waals surface area contributed by atoms with Gasteiger partial charge in [0.25, 0.3) is 0 Å². The third-order valence-corrected chi connectivity index (χ3v) is 4.22. The molecule has 1 aromatic rings. The van der Waals surface area contributed by atoms with Gasteiger partial charge in [0.05, 0.1) is 0 Å². The van der Waals surface area contributed by atoms with Crippen molar-refractivity contribution in [2.24, 2.45) is 5.92 Å². The molecule has 2 rings (SSSR count). The maximum Gasteiger partial charge on any atom is 0.194 e. The summed E-state index contributed by atoms with van der Waals surface area (Å²) < 4.78 is 19.6. The molecule has 1 fully saturated rings. The minimum Gasteiger partial charge on any atom is -0.367 e. The second-order valence-corrected chi connectivity index (χ2v) is 5.92. The number of carbonyl (C=O) groups excluding carboxylic acids is 1. The molecule has 0 heterocycles. The van der Waals surface area contributed by atoms with Crippen LogP contribution in [0.3, 0.4) is 0 Å². The van der Waals surface area contributed by atoms with E-state index in [1.54, 1.807) is 19.1 Å². The number of carbonyl (C=O) groups is 1. The Hall–Kier alpha value is -1.22. The first-order valence-corrected chi connectivity index (χ1v) is 7.43. The molecule has 1 saturated carbocycles. The van der Waals surface area contributed by atoms with Crippen molar-refractivity contribution in [3.63, 3.8) is 0 Å². The third kappa shape index (κ3) is 2.93. The minimum absolute atomic E-state index is 0.0650. The second-order valence-electron chi connectivity index (χ2n) is 5.92. The normalized spacial score (nSPS) is 26.5. The van der Waals surface area contributed by atoms with Crippen molar-refractivity contribution in [3.8, 4) is 0 Å². The SMILES string of the molecule is CCOC1(C(=O)c2ccc(C)c(F)c2)CCCC(C)C1. The van der Waals surface area contributed by atoms with Crippen LogP contribution in [-0.2, 0) is 4.74 Å². The Kier molecular flexibility index (Phi) is 4.59. The summed E-state index contributed by atoms with van der Waals surface area (Å²) in [5.74, 6) is 0.0747. The van der Waals surface area contributed by atoms with E-state index in [0.717, 1.165) is 25.7 Å². The summed E-state index contributed by atoms with van der Waals surface area (Å²) >= 11 is 0. The Morgan fingerprint density at radius 3 is 2.85 bits per heavy atom. The van der Waals surface area contributed by atoms with Gasteiger partial charge in [0.15, 0.2) is 5.78 Å². The van der Waals surface area contributed by atoms with Gasteiger partial charge in [-0.25, -0.2) is 4.39 Å². The molecule has 110 valence electrons. The van der Waals surface area contributed by atoms with E-state index in [-0.39, 0.29) is 11.6 Å². The molecule has 2 nitrogen and oxygen atoms in total. The van der Waals surface area contributed by atoms with Crippen LogP contribution < -0.4 is 0 Å². The lowest BCUT2D eigenvalue weighted by Gasteiger charge is -2.38. The van der Waals surface area contributed by atoms with Crippen LogP contribution in [0.2, 0.25) is 0 Å². The Morgan fingerprint density at radius 1 is 1.50 bits per heavy atom. The molecule has 0 radical (unpaired) electrons. The van der Waals surface area contributed by atoms with E-state index in [0.29, 0.717) is 23.7 Å². The molecular formula is C17H23FO2. The maximum atomic E-state index is 13.7. The fraction of sp³-hybridized carbons (Fsp3) is 0.588. The van der Waals surface area contributed by atoms with Crippen molar-refractivity contribution in [2.45, 2.75) is 52.1 Å². The van der Waals surface area contributed by atoms with E-state index in [9.17, 15) is 9.18 Å². The zero-order valence-corrected chi connectivity index (χ0v) is 12.5.